The molecule has 2 heterocycles. The van der Waals surface area contributed by atoms with Gasteiger partial charge in [0.15, 0.2) is 11.7 Å². The Hall–Kier alpha value is -3.70. The van der Waals surface area contributed by atoms with E-state index in [0.29, 0.717) is 5.56 Å². The summed E-state index contributed by atoms with van der Waals surface area (Å²) >= 11 is 0. The largest absolute Gasteiger partial charge is 0.416 e. The zero-order valence-corrected chi connectivity index (χ0v) is 12.8. The molecule has 0 spiro atoms. The lowest BCUT2D eigenvalue weighted by molar-refractivity contribution is -0.137. The number of oxime groups is 1. The van der Waals surface area contributed by atoms with Crippen molar-refractivity contribution in [3.63, 3.8) is 0 Å². The van der Waals surface area contributed by atoms with E-state index in [9.17, 15) is 13.2 Å². The van der Waals surface area contributed by atoms with E-state index in [-0.39, 0.29) is 29.2 Å². The molecule has 4 N–H and O–H groups in total. The molecule has 0 radical (unpaired) electrons. The van der Waals surface area contributed by atoms with Crippen LogP contribution in [0.2, 0.25) is 0 Å². The lowest BCUT2D eigenvalue weighted by atomic mass is 10.1. The minimum Gasteiger partial charge on any atom is -0.409 e. The van der Waals surface area contributed by atoms with Crippen molar-refractivity contribution < 1.29 is 22.9 Å². The van der Waals surface area contributed by atoms with Gasteiger partial charge in [-0.15, -0.1) is 0 Å². The fourth-order valence-electron chi connectivity index (χ4n) is 1.89. The first-order valence-corrected chi connectivity index (χ1v) is 6.95. The van der Waals surface area contributed by atoms with E-state index < -0.39 is 11.7 Å². The molecule has 0 amide bonds. The zero-order chi connectivity index (χ0) is 18.7. The number of aromatic nitrogens is 4. The van der Waals surface area contributed by atoms with Crippen LogP contribution in [0.5, 0.6) is 0 Å². The van der Waals surface area contributed by atoms with E-state index in [0.717, 1.165) is 12.1 Å². The van der Waals surface area contributed by atoms with Crippen LogP contribution in [-0.2, 0) is 6.18 Å². The SMILES string of the molecule is N/C(=N\O)c1cnc(Nc2nc(-c3ccc(C(F)(F)F)cc3)no2)cn1. The van der Waals surface area contributed by atoms with E-state index in [1.807, 2.05) is 0 Å². The number of alkyl halides is 3. The normalized spacial score (nSPS) is 12.2. The minimum absolute atomic E-state index is 0.0363. The molecule has 9 nitrogen and oxygen atoms in total. The van der Waals surface area contributed by atoms with Crippen LogP contribution >= 0.6 is 0 Å². The number of hydrogen-bond acceptors (Lipinski definition) is 8. The van der Waals surface area contributed by atoms with Crippen LogP contribution in [0.25, 0.3) is 11.4 Å². The van der Waals surface area contributed by atoms with Gasteiger partial charge in [-0.25, -0.2) is 9.97 Å². The first-order valence-electron chi connectivity index (χ1n) is 6.95. The van der Waals surface area contributed by atoms with Gasteiger partial charge in [0, 0.05) is 5.56 Å². The maximum atomic E-state index is 12.6. The highest BCUT2D eigenvalue weighted by Crippen LogP contribution is 2.30. The summed E-state index contributed by atoms with van der Waals surface area (Å²) in [6, 6.07) is 4.30. The van der Waals surface area contributed by atoms with Crippen molar-refractivity contribution in [2.75, 3.05) is 5.32 Å². The van der Waals surface area contributed by atoms with Crippen molar-refractivity contribution >= 4 is 17.7 Å². The standard InChI is InChI=1S/C14H10F3N7O2/c15-14(16,17)8-3-1-7(2-4-8)12-22-13(26-24-12)21-10-6-19-9(5-20-10)11(18)23-25/h1-6,25H,(H2,18,23)(H,20,21,22,24). The Morgan fingerprint density at radius 3 is 2.46 bits per heavy atom. The second-order valence-corrected chi connectivity index (χ2v) is 4.90. The molecule has 0 aliphatic rings. The van der Waals surface area contributed by atoms with E-state index in [2.05, 4.69) is 30.6 Å². The summed E-state index contributed by atoms with van der Waals surface area (Å²) in [5, 5.41) is 17.7. The monoisotopic (exact) mass is 365 g/mol. The van der Waals surface area contributed by atoms with Gasteiger partial charge >= 0.3 is 12.2 Å². The number of anilines is 2. The van der Waals surface area contributed by atoms with Gasteiger partial charge in [0.1, 0.15) is 5.69 Å². The Morgan fingerprint density at radius 1 is 1.15 bits per heavy atom. The van der Waals surface area contributed by atoms with Crippen molar-refractivity contribution in [3.05, 3.63) is 47.9 Å². The van der Waals surface area contributed by atoms with Crippen LogP contribution in [-0.4, -0.2) is 31.2 Å². The number of benzene rings is 1. The first-order chi connectivity index (χ1) is 12.4. The molecule has 12 heteroatoms. The predicted octanol–water partition coefficient (Wildman–Crippen LogP) is 2.38. The number of nitrogens with two attached hydrogens (primary N) is 1. The summed E-state index contributed by atoms with van der Waals surface area (Å²) in [5.74, 6) is 0.135. The second-order valence-electron chi connectivity index (χ2n) is 4.90. The summed E-state index contributed by atoms with van der Waals surface area (Å²) in [5.41, 5.74) is 5.11. The lowest BCUT2D eigenvalue weighted by Gasteiger charge is -2.05. The minimum atomic E-state index is -4.42. The van der Waals surface area contributed by atoms with Gasteiger partial charge in [-0.05, 0) is 12.1 Å². The topological polar surface area (TPSA) is 135 Å². The van der Waals surface area contributed by atoms with Crippen LogP contribution in [0.15, 0.2) is 46.3 Å². The van der Waals surface area contributed by atoms with Crippen molar-refractivity contribution in [1.82, 2.24) is 20.1 Å². The van der Waals surface area contributed by atoms with Gasteiger partial charge in [0.2, 0.25) is 5.82 Å². The van der Waals surface area contributed by atoms with Gasteiger partial charge in [-0.3, -0.25) is 5.32 Å². The highest BCUT2D eigenvalue weighted by atomic mass is 19.4. The molecular weight excluding hydrogens is 355 g/mol. The number of nitrogens with one attached hydrogen (secondary N) is 1. The maximum Gasteiger partial charge on any atom is 0.416 e. The van der Waals surface area contributed by atoms with Crippen molar-refractivity contribution in [3.8, 4) is 11.4 Å². The van der Waals surface area contributed by atoms with Gasteiger partial charge in [0.25, 0.3) is 0 Å². The van der Waals surface area contributed by atoms with E-state index in [1.54, 1.807) is 0 Å². The molecule has 0 saturated carbocycles. The van der Waals surface area contributed by atoms with Crippen LogP contribution in [0.3, 0.4) is 0 Å². The highest BCUT2D eigenvalue weighted by molar-refractivity contribution is 5.94. The highest BCUT2D eigenvalue weighted by Gasteiger charge is 2.30. The quantitative estimate of drug-likeness (QED) is 0.277. The Balaban J connectivity index is 1.74. The Labute approximate surface area is 143 Å². The number of hydrogen-bond donors (Lipinski definition) is 3. The van der Waals surface area contributed by atoms with Crippen LogP contribution in [0.4, 0.5) is 25.0 Å². The summed E-state index contributed by atoms with van der Waals surface area (Å²) in [4.78, 5) is 11.9. The smallest absolute Gasteiger partial charge is 0.409 e. The predicted molar refractivity (Wildman–Crippen MR) is 82.6 cm³/mol. The van der Waals surface area contributed by atoms with Gasteiger partial charge < -0.3 is 15.5 Å². The maximum absolute atomic E-state index is 12.6. The van der Waals surface area contributed by atoms with Crippen LogP contribution in [0, 0.1) is 0 Å². The van der Waals surface area contributed by atoms with Crippen LogP contribution < -0.4 is 11.1 Å². The molecule has 0 atom stereocenters. The molecule has 26 heavy (non-hydrogen) atoms. The zero-order valence-electron chi connectivity index (χ0n) is 12.8. The van der Waals surface area contributed by atoms with E-state index in [4.69, 9.17) is 15.5 Å². The fourth-order valence-corrected chi connectivity index (χ4v) is 1.89. The average Bonchev–Trinajstić information content (AvgIpc) is 3.09. The molecule has 0 unspecified atom stereocenters. The molecule has 0 aliphatic carbocycles. The number of halogens is 3. The molecule has 0 saturated heterocycles. The Morgan fingerprint density at radius 2 is 1.88 bits per heavy atom. The van der Waals surface area contributed by atoms with Crippen molar-refractivity contribution in [2.45, 2.75) is 6.18 Å². The van der Waals surface area contributed by atoms with E-state index >= 15 is 0 Å². The number of rotatable bonds is 4. The molecular formula is C14H10F3N7O2. The summed E-state index contributed by atoms with van der Waals surface area (Å²) in [7, 11) is 0. The lowest BCUT2D eigenvalue weighted by Crippen LogP contribution is -2.15. The molecule has 134 valence electrons. The molecule has 0 fully saturated rings. The molecule has 0 bridgehead atoms. The van der Waals surface area contributed by atoms with E-state index in [1.165, 1.54) is 24.5 Å². The first kappa shape index (κ1) is 17.1. The second kappa shape index (κ2) is 6.66. The summed E-state index contributed by atoms with van der Waals surface area (Å²) < 4.78 is 42.7. The summed E-state index contributed by atoms with van der Waals surface area (Å²) in [6.45, 7) is 0. The fraction of sp³-hybridized carbons (Fsp3) is 0.0714. The van der Waals surface area contributed by atoms with Gasteiger partial charge in [0.05, 0.1) is 18.0 Å². The number of amidine groups is 1. The summed E-state index contributed by atoms with van der Waals surface area (Å²) in [6.07, 6.45) is -1.88. The van der Waals surface area contributed by atoms with Gasteiger partial charge in [-0.2, -0.15) is 18.2 Å². The Kier molecular flexibility index (Phi) is 4.39. The third-order valence-electron chi connectivity index (χ3n) is 3.15. The molecule has 2 aromatic heterocycles. The number of nitrogens with zero attached hydrogens (tertiary/aromatic N) is 5. The van der Waals surface area contributed by atoms with Crippen LogP contribution in [0.1, 0.15) is 11.3 Å². The Bertz CT molecular complexity index is 921. The molecule has 3 rings (SSSR count). The third-order valence-corrected chi connectivity index (χ3v) is 3.15. The molecule has 3 aromatic rings. The van der Waals surface area contributed by atoms with Gasteiger partial charge in [-0.1, -0.05) is 22.4 Å². The van der Waals surface area contributed by atoms with Crippen molar-refractivity contribution in [1.29, 1.82) is 0 Å². The molecule has 1 aromatic carbocycles. The average molecular weight is 365 g/mol. The third kappa shape index (κ3) is 3.68. The van der Waals surface area contributed by atoms with Crippen molar-refractivity contribution in [2.24, 2.45) is 10.9 Å². The molecule has 0 aliphatic heterocycles.